The van der Waals surface area contributed by atoms with E-state index in [0.29, 0.717) is 34.4 Å². The van der Waals surface area contributed by atoms with Gasteiger partial charge in [0.15, 0.2) is 5.82 Å². The molecular formula is C23H24FN5O2. The van der Waals surface area contributed by atoms with Crippen molar-refractivity contribution in [3.8, 4) is 17.0 Å². The molecule has 1 fully saturated rings. The molecular weight excluding hydrogens is 397 g/mol. The number of halogens is 1. The maximum Gasteiger partial charge on any atom is 0.258 e. The number of nitrogens with one attached hydrogen (secondary N) is 2. The first kappa shape index (κ1) is 20.6. The van der Waals surface area contributed by atoms with E-state index in [4.69, 9.17) is 16.3 Å². The molecule has 8 heteroatoms. The summed E-state index contributed by atoms with van der Waals surface area (Å²) in [6.07, 6.45) is 2.58. The second kappa shape index (κ2) is 8.61. The third kappa shape index (κ3) is 4.75. The maximum atomic E-state index is 14.4. The van der Waals surface area contributed by atoms with E-state index in [-0.39, 0.29) is 11.7 Å². The Labute approximate surface area is 179 Å². The van der Waals surface area contributed by atoms with Gasteiger partial charge in [0.25, 0.3) is 5.91 Å². The number of ether oxygens (including phenoxy) is 1. The SMILES string of the molecule is CC(Oc1ccc(NC(=O)c2cc(-c3ccc(N)c(NN)n3)ccc2F)cc1)C1CC1. The quantitative estimate of drug-likeness (QED) is 0.336. The van der Waals surface area contributed by atoms with Crippen LogP contribution in [0.3, 0.4) is 0 Å². The van der Waals surface area contributed by atoms with E-state index < -0.39 is 11.7 Å². The van der Waals surface area contributed by atoms with Gasteiger partial charge in [-0.05, 0) is 80.3 Å². The van der Waals surface area contributed by atoms with Crippen LogP contribution in [-0.2, 0) is 0 Å². The van der Waals surface area contributed by atoms with Gasteiger partial charge in [0, 0.05) is 11.3 Å². The second-order valence-corrected chi connectivity index (χ2v) is 7.61. The average Bonchev–Trinajstić information content (AvgIpc) is 3.61. The minimum Gasteiger partial charge on any atom is -0.490 e. The predicted molar refractivity (Wildman–Crippen MR) is 119 cm³/mol. The first-order valence-corrected chi connectivity index (χ1v) is 10.1. The zero-order chi connectivity index (χ0) is 22.0. The van der Waals surface area contributed by atoms with E-state index in [1.54, 1.807) is 36.4 Å². The molecule has 0 radical (unpaired) electrons. The number of pyridine rings is 1. The Balaban J connectivity index is 1.50. The molecule has 1 heterocycles. The van der Waals surface area contributed by atoms with E-state index in [9.17, 15) is 9.18 Å². The van der Waals surface area contributed by atoms with Gasteiger partial charge in [0.2, 0.25) is 0 Å². The van der Waals surface area contributed by atoms with Crippen molar-refractivity contribution < 1.29 is 13.9 Å². The highest BCUT2D eigenvalue weighted by molar-refractivity contribution is 6.05. The summed E-state index contributed by atoms with van der Waals surface area (Å²) in [7, 11) is 0. The van der Waals surface area contributed by atoms with Gasteiger partial charge in [-0.15, -0.1) is 0 Å². The van der Waals surface area contributed by atoms with E-state index in [0.717, 1.165) is 5.75 Å². The molecule has 0 aliphatic heterocycles. The van der Waals surface area contributed by atoms with Gasteiger partial charge in [-0.25, -0.2) is 15.2 Å². The van der Waals surface area contributed by atoms with Crippen LogP contribution < -0.4 is 27.1 Å². The van der Waals surface area contributed by atoms with Crippen molar-refractivity contribution in [1.82, 2.24) is 4.98 Å². The minimum absolute atomic E-state index is 0.0962. The van der Waals surface area contributed by atoms with Crippen molar-refractivity contribution in [2.24, 2.45) is 11.8 Å². The molecule has 1 saturated carbocycles. The number of aromatic nitrogens is 1. The van der Waals surface area contributed by atoms with Crippen molar-refractivity contribution in [3.63, 3.8) is 0 Å². The molecule has 31 heavy (non-hydrogen) atoms. The number of carbonyl (C=O) groups is 1. The van der Waals surface area contributed by atoms with Crippen molar-refractivity contribution in [1.29, 1.82) is 0 Å². The van der Waals surface area contributed by atoms with Crippen LogP contribution >= 0.6 is 0 Å². The molecule has 1 amide bonds. The van der Waals surface area contributed by atoms with Crippen LogP contribution in [0.15, 0.2) is 54.6 Å². The number of nitrogens with two attached hydrogens (primary N) is 2. The topological polar surface area (TPSA) is 115 Å². The summed E-state index contributed by atoms with van der Waals surface area (Å²) in [4.78, 5) is 17.0. The Morgan fingerprint density at radius 1 is 1.16 bits per heavy atom. The zero-order valence-corrected chi connectivity index (χ0v) is 17.1. The van der Waals surface area contributed by atoms with Crippen LogP contribution in [0.4, 0.5) is 21.6 Å². The number of amides is 1. The Kier molecular flexibility index (Phi) is 5.73. The summed E-state index contributed by atoms with van der Waals surface area (Å²) >= 11 is 0. The molecule has 1 aliphatic carbocycles. The van der Waals surface area contributed by atoms with Crippen molar-refractivity contribution in [3.05, 3.63) is 66.0 Å². The van der Waals surface area contributed by atoms with Gasteiger partial charge in [0.05, 0.1) is 23.0 Å². The Hall–Kier alpha value is -3.65. The summed E-state index contributed by atoms with van der Waals surface area (Å²) in [6, 6.07) is 14.6. The summed E-state index contributed by atoms with van der Waals surface area (Å²) < 4.78 is 20.3. The van der Waals surface area contributed by atoms with Gasteiger partial charge in [-0.1, -0.05) is 0 Å². The molecule has 1 unspecified atom stereocenters. The number of carbonyl (C=O) groups excluding carboxylic acids is 1. The minimum atomic E-state index is -0.632. The van der Waals surface area contributed by atoms with Crippen LogP contribution in [0.25, 0.3) is 11.3 Å². The standard InChI is InChI=1S/C23H24FN5O2/c1-13(14-2-3-14)31-17-7-5-16(6-8-17)27-23(30)18-12-15(4-9-19(18)24)21-11-10-20(25)22(28-21)29-26/h4-14H,2-3,25-26H2,1H3,(H,27,30)(H,28,29). The summed E-state index contributed by atoms with van der Waals surface area (Å²) in [5.41, 5.74) is 10.1. The van der Waals surface area contributed by atoms with Crippen LogP contribution in [0.5, 0.6) is 5.75 Å². The Morgan fingerprint density at radius 2 is 1.90 bits per heavy atom. The molecule has 1 atom stereocenters. The highest BCUT2D eigenvalue weighted by Gasteiger charge is 2.29. The number of hydrazine groups is 1. The summed E-state index contributed by atoms with van der Waals surface area (Å²) in [6.45, 7) is 2.06. The number of hydrogen-bond donors (Lipinski definition) is 4. The largest absolute Gasteiger partial charge is 0.490 e. The van der Waals surface area contributed by atoms with E-state index in [1.165, 1.54) is 31.0 Å². The van der Waals surface area contributed by atoms with Crippen molar-refractivity contribution >= 4 is 23.1 Å². The number of nitrogens with zero attached hydrogens (tertiary/aromatic N) is 1. The number of anilines is 3. The first-order chi connectivity index (χ1) is 14.9. The van der Waals surface area contributed by atoms with Gasteiger partial charge in [-0.2, -0.15) is 0 Å². The molecule has 160 valence electrons. The van der Waals surface area contributed by atoms with Gasteiger partial charge in [0.1, 0.15) is 11.6 Å². The highest BCUT2D eigenvalue weighted by Crippen LogP contribution is 2.34. The molecule has 1 aromatic heterocycles. The third-order valence-electron chi connectivity index (χ3n) is 5.29. The monoisotopic (exact) mass is 421 g/mol. The molecule has 0 saturated heterocycles. The Bertz CT molecular complexity index is 1100. The molecule has 2 aromatic carbocycles. The molecule has 3 aromatic rings. The molecule has 1 aliphatic rings. The number of hydrogen-bond acceptors (Lipinski definition) is 6. The molecule has 7 nitrogen and oxygen atoms in total. The van der Waals surface area contributed by atoms with Crippen LogP contribution in [0, 0.1) is 11.7 Å². The fraction of sp³-hybridized carbons (Fsp3) is 0.217. The number of benzene rings is 2. The van der Waals surface area contributed by atoms with Crippen LogP contribution in [0.2, 0.25) is 0 Å². The lowest BCUT2D eigenvalue weighted by atomic mass is 10.1. The van der Waals surface area contributed by atoms with Crippen molar-refractivity contribution in [2.45, 2.75) is 25.9 Å². The summed E-state index contributed by atoms with van der Waals surface area (Å²) in [5, 5.41) is 2.72. The lowest BCUT2D eigenvalue weighted by Gasteiger charge is -2.14. The lowest BCUT2D eigenvalue weighted by molar-refractivity contribution is 0.102. The van der Waals surface area contributed by atoms with E-state index in [2.05, 4.69) is 22.7 Å². The van der Waals surface area contributed by atoms with Gasteiger partial charge in [-0.3, -0.25) is 4.79 Å². The van der Waals surface area contributed by atoms with E-state index in [1.807, 2.05) is 0 Å². The smallest absolute Gasteiger partial charge is 0.258 e. The van der Waals surface area contributed by atoms with Crippen LogP contribution in [0.1, 0.15) is 30.1 Å². The molecule has 6 N–H and O–H groups in total. The number of rotatable bonds is 7. The molecule has 0 bridgehead atoms. The second-order valence-electron chi connectivity index (χ2n) is 7.61. The van der Waals surface area contributed by atoms with Gasteiger partial charge >= 0.3 is 0 Å². The average molecular weight is 421 g/mol. The maximum absolute atomic E-state index is 14.4. The first-order valence-electron chi connectivity index (χ1n) is 10.1. The number of nitrogen functional groups attached to an aromatic ring is 2. The lowest BCUT2D eigenvalue weighted by Crippen LogP contribution is -2.15. The van der Waals surface area contributed by atoms with Crippen molar-refractivity contribution in [2.75, 3.05) is 16.5 Å². The Morgan fingerprint density at radius 3 is 2.58 bits per heavy atom. The zero-order valence-electron chi connectivity index (χ0n) is 17.1. The highest BCUT2D eigenvalue weighted by atomic mass is 19.1. The van der Waals surface area contributed by atoms with E-state index >= 15 is 0 Å². The third-order valence-corrected chi connectivity index (χ3v) is 5.29. The predicted octanol–water partition coefficient (Wildman–Crippen LogP) is 4.19. The normalized spacial score (nSPS) is 14.0. The molecule has 0 spiro atoms. The fourth-order valence-electron chi connectivity index (χ4n) is 3.30. The van der Waals surface area contributed by atoms with Gasteiger partial charge < -0.3 is 21.2 Å². The molecule has 4 rings (SSSR count). The summed E-state index contributed by atoms with van der Waals surface area (Å²) in [5.74, 6) is 5.88. The van der Waals surface area contributed by atoms with Crippen LogP contribution in [-0.4, -0.2) is 17.0 Å². The fourth-order valence-corrected chi connectivity index (χ4v) is 3.30.